The lowest BCUT2D eigenvalue weighted by Crippen LogP contribution is -2.50. The Hall–Kier alpha value is -2.89. The van der Waals surface area contributed by atoms with Crippen LogP contribution in [0.2, 0.25) is 0 Å². The quantitative estimate of drug-likeness (QED) is 0.837. The molecule has 27 heavy (non-hydrogen) atoms. The molecule has 2 aromatic carbocycles. The highest BCUT2D eigenvalue weighted by atomic mass is 19.1. The highest BCUT2D eigenvalue weighted by molar-refractivity contribution is 6.00. The zero-order chi connectivity index (χ0) is 18.8. The summed E-state index contributed by atoms with van der Waals surface area (Å²) in [4.78, 5) is 30.7. The predicted octanol–water partition coefficient (Wildman–Crippen LogP) is 2.53. The molecule has 0 aliphatic carbocycles. The number of nitrogens with zero attached hydrogens (tertiary/aromatic N) is 3. The Morgan fingerprint density at radius 2 is 1.59 bits per heavy atom. The van der Waals surface area contributed by atoms with Crippen LogP contribution in [0, 0.1) is 11.7 Å². The van der Waals surface area contributed by atoms with E-state index in [2.05, 4.69) is 17.0 Å². The molecule has 2 fully saturated rings. The molecule has 0 radical (unpaired) electrons. The van der Waals surface area contributed by atoms with Crippen molar-refractivity contribution in [2.45, 2.75) is 6.42 Å². The van der Waals surface area contributed by atoms with E-state index in [9.17, 15) is 14.0 Å². The first-order chi connectivity index (χ1) is 13.1. The van der Waals surface area contributed by atoms with Crippen LogP contribution in [-0.2, 0) is 9.59 Å². The second-order valence-electron chi connectivity index (χ2n) is 7.00. The molecule has 2 aliphatic rings. The number of anilines is 2. The summed E-state index contributed by atoms with van der Waals surface area (Å²) in [5, 5.41) is 0. The fourth-order valence-corrected chi connectivity index (χ4v) is 3.86. The Morgan fingerprint density at radius 3 is 2.30 bits per heavy atom. The van der Waals surface area contributed by atoms with E-state index in [1.807, 2.05) is 23.1 Å². The van der Waals surface area contributed by atoms with E-state index in [0.29, 0.717) is 13.1 Å². The zero-order valence-corrected chi connectivity index (χ0v) is 15.1. The standard InChI is InChI=1S/C21H22FN3O2/c22-18-8-4-5-9-19(18)25-15-16(14-20(25)26)21(27)24-12-10-23(11-13-24)17-6-2-1-3-7-17/h1-9,16H,10-15H2. The fourth-order valence-electron chi connectivity index (χ4n) is 3.86. The van der Waals surface area contributed by atoms with Gasteiger partial charge in [-0.1, -0.05) is 30.3 Å². The van der Waals surface area contributed by atoms with Gasteiger partial charge in [-0.05, 0) is 24.3 Å². The van der Waals surface area contributed by atoms with E-state index in [1.54, 1.807) is 18.2 Å². The molecule has 2 saturated heterocycles. The summed E-state index contributed by atoms with van der Waals surface area (Å²) < 4.78 is 14.0. The molecule has 2 heterocycles. The van der Waals surface area contributed by atoms with Crippen LogP contribution in [-0.4, -0.2) is 49.4 Å². The van der Waals surface area contributed by atoms with Gasteiger partial charge < -0.3 is 14.7 Å². The molecule has 5 nitrogen and oxygen atoms in total. The Balaban J connectivity index is 1.38. The summed E-state index contributed by atoms with van der Waals surface area (Å²) in [6.07, 6.45) is 0.145. The Labute approximate surface area is 158 Å². The number of piperazine rings is 1. The largest absolute Gasteiger partial charge is 0.368 e. The molecule has 0 saturated carbocycles. The third-order valence-corrected chi connectivity index (χ3v) is 5.33. The van der Waals surface area contributed by atoms with Gasteiger partial charge >= 0.3 is 0 Å². The first kappa shape index (κ1) is 17.5. The van der Waals surface area contributed by atoms with E-state index in [-0.39, 0.29) is 30.5 Å². The minimum absolute atomic E-state index is 0.00472. The van der Waals surface area contributed by atoms with Crippen molar-refractivity contribution in [3.63, 3.8) is 0 Å². The molecule has 1 atom stereocenters. The maximum atomic E-state index is 14.0. The van der Waals surface area contributed by atoms with E-state index in [4.69, 9.17) is 0 Å². The first-order valence-corrected chi connectivity index (χ1v) is 9.27. The highest BCUT2D eigenvalue weighted by Crippen LogP contribution is 2.28. The van der Waals surface area contributed by atoms with Gasteiger partial charge in [0.05, 0.1) is 11.6 Å². The molecule has 0 N–H and O–H groups in total. The topological polar surface area (TPSA) is 43.9 Å². The Kier molecular flexibility index (Phi) is 4.79. The molecule has 4 rings (SSSR count). The van der Waals surface area contributed by atoms with Crippen molar-refractivity contribution in [1.82, 2.24) is 4.90 Å². The number of carbonyl (C=O) groups excluding carboxylic acids is 2. The number of para-hydroxylation sites is 2. The third-order valence-electron chi connectivity index (χ3n) is 5.33. The Bertz CT molecular complexity index is 834. The van der Waals surface area contributed by atoms with Gasteiger partial charge in [-0.15, -0.1) is 0 Å². The van der Waals surface area contributed by atoms with Gasteiger partial charge in [0, 0.05) is 44.8 Å². The molecular formula is C21H22FN3O2. The van der Waals surface area contributed by atoms with Gasteiger partial charge in [-0.3, -0.25) is 9.59 Å². The molecule has 2 aliphatic heterocycles. The van der Waals surface area contributed by atoms with Crippen molar-refractivity contribution in [2.24, 2.45) is 5.92 Å². The van der Waals surface area contributed by atoms with Gasteiger partial charge in [0.15, 0.2) is 0 Å². The van der Waals surface area contributed by atoms with Gasteiger partial charge in [-0.25, -0.2) is 4.39 Å². The minimum atomic E-state index is -0.435. The second-order valence-corrected chi connectivity index (χ2v) is 7.00. The van der Waals surface area contributed by atoms with Crippen LogP contribution in [0.3, 0.4) is 0 Å². The van der Waals surface area contributed by atoms with E-state index >= 15 is 0 Å². The van der Waals surface area contributed by atoms with Crippen molar-refractivity contribution in [2.75, 3.05) is 42.5 Å². The third kappa shape index (κ3) is 3.52. The van der Waals surface area contributed by atoms with Crippen LogP contribution >= 0.6 is 0 Å². The molecular weight excluding hydrogens is 345 g/mol. The predicted molar refractivity (Wildman–Crippen MR) is 102 cm³/mol. The number of hydrogen-bond acceptors (Lipinski definition) is 3. The second kappa shape index (κ2) is 7.39. The molecule has 0 aromatic heterocycles. The summed E-state index contributed by atoms with van der Waals surface area (Å²) in [5.74, 6) is -1.04. The summed E-state index contributed by atoms with van der Waals surface area (Å²) in [6.45, 7) is 3.06. The molecule has 2 aromatic rings. The van der Waals surface area contributed by atoms with Gasteiger partial charge in [-0.2, -0.15) is 0 Å². The van der Waals surface area contributed by atoms with Crippen molar-refractivity contribution in [1.29, 1.82) is 0 Å². The zero-order valence-electron chi connectivity index (χ0n) is 15.1. The number of halogens is 1. The van der Waals surface area contributed by atoms with Crippen LogP contribution in [0.5, 0.6) is 0 Å². The number of benzene rings is 2. The van der Waals surface area contributed by atoms with E-state index in [1.165, 1.54) is 11.0 Å². The van der Waals surface area contributed by atoms with Crippen molar-refractivity contribution in [3.05, 3.63) is 60.4 Å². The maximum absolute atomic E-state index is 14.0. The molecule has 1 unspecified atom stereocenters. The summed E-state index contributed by atoms with van der Waals surface area (Å²) >= 11 is 0. The molecule has 140 valence electrons. The van der Waals surface area contributed by atoms with Crippen LogP contribution < -0.4 is 9.80 Å². The van der Waals surface area contributed by atoms with Crippen LogP contribution in [0.25, 0.3) is 0 Å². The average molecular weight is 367 g/mol. The fraction of sp³-hybridized carbons (Fsp3) is 0.333. The first-order valence-electron chi connectivity index (χ1n) is 9.27. The molecule has 0 bridgehead atoms. The van der Waals surface area contributed by atoms with E-state index < -0.39 is 11.7 Å². The number of carbonyl (C=O) groups is 2. The van der Waals surface area contributed by atoms with Crippen molar-refractivity contribution < 1.29 is 14.0 Å². The monoisotopic (exact) mass is 367 g/mol. The molecule has 2 amide bonds. The van der Waals surface area contributed by atoms with Gasteiger partial charge in [0.1, 0.15) is 5.82 Å². The van der Waals surface area contributed by atoms with Crippen LogP contribution in [0.15, 0.2) is 54.6 Å². The molecule has 0 spiro atoms. The smallest absolute Gasteiger partial charge is 0.228 e. The summed E-state index contributed by atoms with van der Waals surface area (Å²) in [7, 11) is 0. The minimum Gasteiger partial charge on any atom is -0.368 e. The number of rotatable bonds is 3. The van der Waals surface area contributed by atoms with Crippen LogP contribution in [0.4, 0.5) is 15.8 Å². The lowest BCUT2D eigenvalue weighted by Gasteiger charge is -2.37. The van der Waals surface area contributed by atoms with Crippen molar-refractivity contribution in [3.8, 4) is 0 Å². The van der Waals surface area contributed by atoms with Gasteiger partial charge in [0.25, 0.3) is 0 Å². The lowest BCUT2D eigenvalue weighted by atomic mass is 10.1. The number of amides is 2. The molecule has 6 heteroatoms. The maximum Gasteiger partial charge on any atom is 0.228 e. The average Bonchev–Trinajstić information content (AvgIpc) is 3.10. The highest BCUT2D eigenvalue weighted by Gasteiger charge is 2.38. The normalized spacial score (nSPS) is 20.3. The number of hydrogen-bond donors (Lipinski definition) is 0. The van der Waals surface area contributed by atoms with Crippen molar-refractivity contribution >= 4 is 23.2 Å². The lowest BCUT2D eigenvalue weighted by molar-refractivity contribution is -0.136. The Morgan fingerprint density at radius 1 is 0.926 bits per heavy atom. The van der Waals surface area contributed by atoms with E-state index in [0.717, 1.165) is 18.8 Å². The summed E-state index contributed by atoms with van der Waals surface area (Å²) in [6, 6.07) is 16.3. The SMILES string of the molecule is O=C(C1CC(=O)N(c2ccccc2F)C1)N1CCN(c2ccccc2)CC1. The van der Waals surface area contributed by atoms with Gasteiger partial charge in [0.2, 0.25) is 11.8 Å². The summed E-state index contributed by atoms with van der Waals surface area (Å²) in [5.41, 5.74) is 1.41. The van der Waals surface area contributed by atoms with Crippen LogP contribution in [0.1, 0.15) is 6.42 Å².